The summed E-state index contributed by atoms with van der Waals surface area (Å²) >= 11 is 0. The Hall–Kier alpha value is -2.08. The van der Waals surface area contributed by atoms with E-state index in [0.717, 1.165) is 58.0 Å². The first kappa shape index (κ1) is 21.2. The molecule has 27 heavy (non-hydrogen) atoms. The highest BCUT2D eigenvalue weighted by Crippen LogP contribution is 2.17. The average Bonchev–Trinajstić information content (AvgIpc) is 3.05. The van der Waals surface area contributed by atoms with Crippen LogP contribution in [-0.2, 0) is 16.0 Å². The Morgan fingerprint density at radius 1 is 1.26 bits per heavy atom. The maximum absolute atomic E-state index is 12.3. The molecule has 2 rings (SSSR count). The number of ether oxygens (including phenoxy) is 1. The van der Waals surface area contributed by atoms with Gasteiger partial charge in [0.25, 0.3) is 0 Å². The predicted molar refractivity (Wildman–Crippen MR) is 110 cm³/mol. The SMILES string of the molecule is CCCCOCCNC(=NC)NCC1CC(=O)N(CCc2ccccc2)C1. The molecule has 150 valence electrons. The quantitative estimate of drug-likeness (QED) is 0.353. The number of guanidine groups is 1. The van der Waals surface area contributed by atoms with E-state index in [0.29, 0.717) is 18.9 Å². The van der Waals surface area contributed by atoms with Crippen LogP contribution in [0.25, 0.3) is 0 Å². The van der Waals surface area contributed by atoms with E-state index in [4.69, 9.17) is 4.74 Å². The summed E-state index contributed by atoms with van der Waals surface area (Å²) in [5, 5.41) is 6.59. The Kier molecular flexibility index (Phi) is 9.69. The summed E-state index contributed by atoms with van der Waals surface area (Å²) in [6.45, 7) is 6.74. The van der Waals surface area contributed by atoms with Crippen molar-refractivity contribution in [1.82, 2.24) is 15.5 Å². The lowest BCUT2D eigenvalue weighted by atomic mass is 10.1. The maximum atomic E-state index is 12.3. The summed E-state index contributed by atoms with van der Waals surface area (Å²) < 4.78 is 5.54. The van der Waals surface area contributed by atoms with Crippen LogP contribution in [0.3, 0.4) is 0 Å². The van der Waals surface area contributed by atoms with Crippen molar-refractivity contribution < 1.29 is 9.53 Å². The largest absolute Gasteiger partial charge is 0.380 e. The first-order chi connectivity index (χ1) is 13.2. The van der Waals surface area contributed by atoms with Gasteiger partial charge in [-0.3, -0.25) is 9.79 Å². The minimum atomic E-state index is 0.255. The van der Waals surface area contributed by atoms with Crippen LogP contribution in [-0.4, -0.2) is 63.2 Å². The lowest BCUT2D eigenvalue weighted by molar-refractivity contribution is -0.127. The molecule has 0 radical (unpaired) electrons. The lowest BCUT2D eigenvalue weighted by Gasteiger charge is -2.18. The van der Waals surface area contributed by atoms with Gasteiger partial charge < -0.3 is 20.3 Å². The van der Waals surface area contributed by atoms with Gasteiger partial charge in [0.15, 0.2) is 5.96 Å². The number of hydrogen-bond donors (Lipinski definition) is 2. The molecule has 6 heteroatoms. The molecule has 1 fully saturated rings. The van der Waals surface area contributed by atoms with E-state index < -0.39 is 0 Å². The molecule has 1 unspecified atom stereocenters. The van der Waals surface area contributed by atoms with E-state index in [2.05, 4.69) is 34.7 Å². The summed E-state index contributed by atoms with van der Waals surface area (Å²) in [5.41, 5.74) is 1.28. The fraction of sp³-hybridized carbons (Fsp3) is 0.619. The zero-order chi connectivity index (χ0) is 19.3. The molecule has 0 aliphatic carbocycles. The standard InChI is InChI=1S/C21H34N4O2/c1-3-4-13-27-14-11-23-21(22-2)24-16-19-15-20(26)25(17-19)12-10-18-8-6-5-7-9-18/h5-9,19H,3-4,10-17H2,1-2H3,(H2,22,23,24). The van der Waals surface area contributed by atoms with Gasteiger partial charge in [-0.2, -0.15) is 0 Å². The number of rotatable bonds is 11. The molecule has 0 bridgehead atoms. The number of hydrogen-bond acceptors (Lipinski definition) is 3. The number of benzene rings is 1. The molecule has 6 nitrogen and oxygen atoms in total. The van der Waals surface area contributed by atoms with Gasteiger partial charge in [0.1, 0.15) is 0 Å². The van der Waals surface area contributed by atoms with Crippen molar-refractivity contribution in [1.29, 1.82) is 0 Å². The molecule has 1 amide bonds. The summed E-state index contributed by atoms with van der Waals surface area (Å²) in [7, 11) is 1.76. The summed E-state index contributed by atoms with van der Waals surface area (Å²) in [4.78, 5) is 18.5. The first-order valence-electron chi connectivity index (χ1n) is 10.1. The van der Waals surface area contributed by atoms with Crippen molar-refractivity contribution in [3.05, 3.63) is 35.9 Å². The van der Waals surface area contributed by atoms with E-state index in [-0.39, 0.29) is 5.91 Å². The Morgan fingerprint density at radius 3 is 2.81 bits per heavy atom. The molecule has 1 aliphatic heterocycles. The normalized spacial score (nSPS) is 17.4. The second-order valence-electron chi connectivity index (χ2n) is 6.99. The molecular weight excluding hydrogens is 340 g/mol. The van der Waals surface area contributed by atoms with Crippen LogP contribution in [0.5, 0.6) is 0 Å². The van der Waals surface area contributed by atoms with Gasteiger partial charge in [-0.25, -0.2) is 0 Å². The van der Waals surface area contributed by atoms with Crippen LogP contribution in [0.4, 0.5) is 0 Å². The van der Waals surface area contributed by atoms with E-state index >= 15 is 0 Å². The van der Waals surface area contributed by atoms with Crippen LogP contribution in [0.2, 0.25) is 0 Å². The number of unbranched alkanes of at least 4 members (excludes halogenated alkanes) is 1. The molecular formula is C21H34N4O2. The van der Waals surface area contributed by atoms with Gasteiger partial charge in [0.05, 0.1) is 6.61 Å². The van der Waals surface area contributed by atoms with E-state index in [9.17, 15) is 4.79 Å². The number of carbonyl (C=O) groups is 1. The highest BCUT2D eigenvalue weighted by Gasteiger charge is 2.29. The molecule has 0 saturated carbocycles. The van der Waals surface area contributed by atoms with Crippen molar-refractivity contribution in [2.75, 3.05) is 46.4 Å². The molecule has 1 aliphatic rings. The van der Waals surface area contributed by atoms with E-state index in [1.165, 1.54) is 5.56 Å². The third-order valence-corrected chi connectivity index (χ3v) is 4.77. The Balaban J connectivity index is 1.63. The predicted octanol–water partition coefficient (Wildman–Crippen LogP) is 2.06. The Bertz CT molecular complexity index is 577. The zero-order valence-electron chi connectivity index (χ0n) is 16.7. The highest BCUT2D eigenvalue weighted by molar-refractivity contribution is 5.80. The lowest BCUT2D eigenvalue weighted by Crippen LogP contribution is -2.41. The van der Waals surface area contributed by atoms with Crippen LogP contribution < -0.4 is 10.6 Å². The number of carbonyl (C=O) groups excluding carboxylic acids is 1. The monoisotopic (exact) mass is 374 g/mol. The van der Waals surface area contributed by atoms with Crippen LogP contribution in [0.15, 0.2) is 35.3 Å². The van der Waals surface area contributed by atoms with Crippen molar-refractivity contribution in [3.8, 4) is 0 Å². The molecule has 1 aromatic carbocycles. The van der Waals surface area contributed by atoms with Crippen molar-refractivity contribution in [2.24, 2.45) is 10.9 Å². The first-order valence-corrected chi connectivity index (χ1v) is 10.1. The fourth-order valence-corrected chi connectivity index (χ4v) is 3.17. The second-order valence-corrected chi connectivity index (χ2v) is 6.99. The van der Waals surface area contributed by atoms with Gasteiger partial charge in [-0.1, -0.05) is 43.7 Å². The molecule has 1 atom stereocenters. The third-order valence-electron chi connectivity index (χ3n) is 4.77. The summed E-state index contributed by atoms with van der Waals surface area (Å²) in [6, 6.07) is 10.3. The average molecular weight is 375 g/mol. The Morgan fingerprint density at radius 2 is 2.07 bits per heavy atom. The van der Waals surface area contributed by atoms with Crippen LogP contribution in [0, 0.1) is 5.92 Å². The van der Waals surface area contributed by atoms with Gasteiger partial charge in [0.2, 0.25) is 5.91 Å². The Labute approximate surface area is 163 Å². The number of aliphatic imine (C=N–C) groups is 1. The van der Waals surface area contributed by atoms with Gasteiger partial charge in [-0.15, -0.1) is 0 Å². The van der Waals surface area contributed by atoms with E-state index in [1.807, 2.05) is 23.1 Å². The minimum absolute atomic E-state index is 0.255. The van der Waals surface area contributed by atoms with Crippen molar-refractivity contribution in [2.45, 2.75) is 32.6 Å². The zero-order valence-corrected chi connectivity index (χ0v) is 16.7. The third kappa shape index (κ3) is 7.99. The molecule has 1 saturated heterocycles. The van der Waals surface area contributed by atoms with Crippen LogP contribution in [0.1, 0.15) is 31.7 Å². The number of nitrogens with one attached hydrogen (secondary N) is 2. The van der Waals surface area contributed by atoms with Crippen molar-refractivity contribution >= 4 is 11.9 Å². The molecule has 1 aromatic rings. The number of nitrogens with zero attached hydrogens (tertiary/aromatic N) is 2. The van der Waals surface area contributed by atoms with Gasteiger partial charge in [0, 0.05) is 52.2 Å². The second kappa shape index (κ2) is 12.3. The van der Waals surface area contributed by atoms with Gasteiger partial charge >= 0.3 is 0 Å². The summed E-state index contributed by atoms with van der Waals surface area (Å²) in [6.07, 6.45) is 3.77. The highest BCUT2D eigenvalue weighted by atomic mass is 16.5. The van der Waals surface area contributed by atoms with E-state index in [1.54, 1.807) is 7.05 Å². The molecule has 2 N–H and O–H groups in total. The van der Waals surface area contributed by atoms with Crippen molar-refractivity contribution in [3.63, 3.8) is 0 Å². The van der Waals surface area contributed by atoms with Crippen LogP contribution >= 0.6 is 0 Å². The molecule has 0 spiro atoms. The number of amides is 1. The fourth-order valence-electron chi connectivity index (χ4n) is 3.17. The van der Waals surface area contributed by atoms with Gasteiger partial charge in [-0.05, 0) is 18.4 Å². The number of likely N-dealkylation sites (tertiary alicyclic amines) is 1. The minimum Gasteiger partial charge on any atom is -0.380 e. The topological polar surface area (TPSA) is 66.0 Å². The smallest absolute Gasteiger partial charge is 0.223 e. The summed E-state index contributed by atoms with van der Waals surface area (Å²) in [5.74, 6) is 1.35. The maximum Gasteiger partial charge on any atom is 0.223 e. The molecule has 0 aromatic heterocycles. The molecule has 1 heterocycles.